The van der Waals surface area contributed by atoms with Crippen LogP contribution in [-0.4, -0.2) is 10.8 Å². The van der Waals surface area contributed by atoms with Crippen molar-refractivity contribution < 1.29 is 4.79 Å². The maximum atomic E-state index is 12.4. The molecule has 19 heavy (non-hydrogen) atoms. The molecule has 2 heteroatoms. The van der Waals surface area contributed by atoms with Gasteiger partial charge in [0.1, 0.15) is 0 Å². The fraction of sp³-hybridized carbons (Fsp3) is 0.0588. The highest BCUT2D eigenvalue weighted by atomic mass is 16.1. The van der Waals surface area contributed by atoms with Crippen molar-refractivity contribution in [1.29, 1.82) is 0 Å². The summed E-state index contributed by atoms with van der Waals surface area (Å²) >= 11 is 0. The van der Waals surface area contributed by atoms with Crippen LogP contribution in [0.3, 0.4) is 0 Å². The third-order valence-electron chi connectivity index (χ3n) is 3.15. The molecular formula is C17H13NO. The second-order valence-electron chi connectivity index (χ2n) is 4.61. The van der Waals surface area contributed by atoms with Crippen LogP contribution >= 0.6 is 0 Å². The van der Waals surface area contributed by atoms with E-state index in [1.807, 2.05) is 61.5 Å². The molecule has 2 aromatic carbocycles. The average Bonchev–Trinajstić information content (AvgIpc) is 2.46. The standard InChI is InChI=1S/C17H13NO/c1-12-4-2-5-14(10-12)17(19)15-7-8-16-13(11-15)6-3-9-18-16/h2-11H,1H3. The van der Waals surface area contributed by atoms with Crippen molar-refractivity contribution in [3.63, 3.8) is 0 Å². The zero-order chi connectivity index (χ0) is 13.2. The van der Waals surface area contributed by atoms with Crippen molar-refractivity contribution >= 4 is 16.7 Å². The van der Waals surface area contributed by atoms with E-state index in [1.165, 1.54) is 0 Å². The van der Waals surface area contributed by atoms with E-state index in [2.05, 4.69) is 4.98 Å². The molecule has 1 heterocycles. The molecule has 0 aliphatic heterocycles. The fourth-order valence-electron chi connectivity index (χ4n) is 2.17. The lowest BCUT2D eigenvalue weighted by Gasteiger charge is -2.04. The highest BCUT2D eigenvalue weighted by Crippen LogP contribution is 2.17. The van der Waals surface area contributed by atoms with Gasteiger partial charge in [-0.1, -0.05) is 29.8 Å². The summed E-state index contributed by atoms with van der Waals surface area (Å²) in [5.74, 6) is 0.0504. The summed E-state index contributed by atoms with van der Waals surface area (Å²) in [6.07, 6.45) is 1.75. The molecular weight excluding hydrogens is 234 g/mol. The van der Waals surface area contributed by atoms with Crippen LogP contribution in [0, 0.1) is 6.92 Å². The number of pyridine rings is 1. The lowest BCUT2D eigenvalue weighted by molar-refractivity contribution is 0.103. The molecule has 0 atom stereocenters. The van der Waals surface area contributed by atoms with Crippen LogP contribution in [0.1, 0.15) is 21.5 Å². The molecule has 92 valence electrons. The van der Waals surface area contributed by atoms with Gasteiger partial charge in [-0.25, -0.2) is 0 Å². The highest BCUT2D eigenvalue weighted by molar-refractivity contribution is 6.10. The van der Waals surface area contributed by atoms with E-state index in [4.69, 9.17) is 0 Å². The molecule has 2 nitrogen and oxygen atoms in total. The van der Waals surface area contributed by atoms with Gasteiger partial charge in [0.25, 0.3) is 0 Å². The van der Waals surface area contributed by atoms with E-state index >= 15 is 0 Å². The van der Waals surface area contributed by atoms with Crippen LogP contribution < -0.4 is 0 Å². The molecule has 0 N–H and O–H groups in total. The number of benzene rings is 2. The Balaban J connectivity index is 2.06. The Morgan fingerprint density at radius 2 is 1.79 bits per heavy atom. The maximum Gasteiger partial charge on any atom is 0.193 e. The SMILES string of the molecule is Cc1cccc(C(=O)c2ccc3ncccc3c2)c1. The van der Waals surface area contributed by atoms with Gasteiger partial charge in [-0.3, -0.25) is 9.78 Å². The Bertz CT molecular complexity index is 762. The maximum absolute atomic E-state index is 12.4. The molecule has 0 bridgehead atoms. The first-order chi connectivity index (χ1) is 9.24. The number of rotatable bonds is 2. The van der Waals surface area contributed by atoms with E-state index in [-0.39, 0.29) is 5.78 Å². The zero-order valence-electron chi connectivity index (χ0n) is 10.6. The van der Waals surface area contributed by atoms with E-state index in [1.54, 1.807) is 6.20 Å². The predicted octanol–water partition coefficient (Wildman–Crippen LogP) is 3.77. The van der Waals surface area contributed by atoms with Gasteiger partial charge in [-0.05, 0) is 37.3 Å². The third-order valence-corrected chi connectivity index (χ3v) is 3.15. The van der Waals surface area contributed by atoms with Gasteiger partial charge in [0, 0.05) is 22.7 Å². The minimum atomic E-state index is 0.0504. The minimum absolute atomic E-state index is 0.0504. The highest BCUT2D eigenvalue weighted by Gasteiger charge is 2.09. The second-order valence-corrected chi connectivity index (χ2v) is 4.61. The summed E-state index contributed by atoms with van der Waals surface area (Å²) < 4.78 is 0. The Morgan fingerprint density at radius 1 is 0.947 bits per heavy atom. The van der Waals surface area contributed by atoms with E-state index in [9.17, 15) is 4.79 Å². The second kappa shape index (κ2) is 4.65. The number of hydrogen-bond acceptors (Lipinski definition) is 2. The molecule has 0 saturated carbocycles. The first-order valence-corrected chi connectivity index (χ1v) is 6.20. The molecule has 0 amide bonds. The third kappa shape index (κ3) is 2.25. The number of carbonyl (C=O) groups is 1. The summed E-state index contributed by atoms with van der Waals surface area (Å²) in [7, 11) is 0. The number of ketones is 1. The van der Waals surface area contributed by atoms with E-state index < -0.39 is 0 Å². The number of carbonyl (C=O) groups excluding carboxylic acids is 1. The Hall–Kier alpha value is -2.48. The van der Waals surface area contributed by atoms with Gasteiger partial charge >= 0.3 is 0 Å². The zero-order valence-corrected chi connectivity index (χ0v) is 10.6. The van der Waals surface area contributed by atoms with Crippen LogP contribution in [0.2, 0.25) is 0 Å². The first-order valence-electron chi connectivity index (χ1n) is 6.20. The molecule has 0 unspecified atom stereocenters. The summed E-state index contributed by atoms with van der Waals surface area (Å²) in [4.78, 5) is 16.7. The summed E-state index contributed by atoms with van der Waals surface area (Å²) in [6.45, 7) is 1.99. The minimum Gasteiger partial charge on any atom is -0.289 e. The van der Waals surface area contributed by atoms with Crippen molar-refractivity contribution in [1.82, 2.24) is 4.98 Å². The van der Waals surface area contributed by atoms with Gasteiger partial charge in [0.15, 0.2) is 5.78 Å². The quantitative estimate of drug-likeness (QED) is 0.645. The van der Waals surface area contributed by atoms with Crippen LogP contribution in [0.5, 0.6) is 0 Å². The van der Waals surface area contributed by atoms with Crippen molar-refractivity contribution in [2.24, 2.45) is 0 Å². The lowest BCUT2D eigenvalue weighted by atomic mass is 10.0. The molecule has 3 rings (SSSR count). The molecule has 0 aliphatic rings. The Morgan fingerprint density at radius 3 is 2.63 bits per heavy atom. The molecule has 1 aromatic heterocycles. The fourth-order valence-corrected chi connectivity index (χ4v) is 2.17. The van der Waals surface area contributed by atoms with Gasteiger partial charge in [0.2, 0.25) is 0 Å². The number of aromatic nitrogens is 1. The number of aryl methyl sites for hydroxylation is 1. The molecule has 0 aliphatic carbocycles. The van der Waals surface area contributed by atoms with Crippen molar-refractivity contribution in [2.75, 3.05) is 0 Å². The van der Waals surface area contributed by atoms with Crippen molar-refractivity contribution in [3.05, 3.63) is 77.5 Å². The van der Waals surface area contributed by atoms with Gasteiger partial charge in [-0.15, -0.1) is 0 Å². The van der Waals surface area contributed by atoms with Crippen LogP contribution in [0.15, 0.2) is 60.8 Å². The average molecular weight is 247 g/mol. The van der Waals surface area contributed by atoms with Crippen LogP contribution in [0.25, 0.3) is 10.9 Å². The largest absolute Gasteiger partial charge is 0.289 e. The summed E-state index contributed by atoms with van der Waals surface area (Å²) in [5, 5.41) is 0.987. The molecule has 0 radical (unpaired) electrons. The molecule has 0 spiro atoms. The lowest BCUT2D eigenvalue weighted by Crippen LogP contribution is -2.01. The Labute approximate surface area is 111 Å². The number of fused-ring (bicyclic) bond motifs is 1. The van der Waals surface area contributed by atoms with Crippen LogP contribution in [-0.2, 0) is 0 Å². The van der Waals surface area contributed by atoms with E-state index in [0.29, 0.717) is 5.56 Å². The normalized spacial score (nSPS) is 10.6. The van der Waals surface area contributed by atoms with Crippen LogP contribution in [0.4, 0.5) is 0 Å². The number of hydrogen-bond donors (Lipinski definition) is 0. The van der Waals surface area contributed by atoms with Crippen molar-refractivity contribution in [3.8, 4) is 0 Å². The predicted molar refractivity (Wildman–Crippen MR) is 76.4 cm³/mol. The molecule has 0 saturated heterocycles. The molecule has 0 fully saturated rings. The summed E-state index contributed by atoms with van der Waals surface area (Å²) in [5.41, 5.74) is 3.42. The van der Waals surface area contributed by atoms with Crippen molar-refractivity contribution in [2.45, 2.75) is 6.92 Å². The Kier molecular flexibility index (Phi) is 2.84. The van der Waals surface area contributed by atoms with Gasteiger partial charge in [0.05, 0.1) is 5.52 Å². The van der Waals surface area contributed by atoms with Gasteiger partial charge < -0.3 is 0 Å². The van der Waals surface area contributed by atoms with Gasteiger partial charge in [-0.2, -0.15) is 0 Å². The topological polar surface area (TPSA) is 30.0 Å². The number of nitrogens with zero attached hydrogens (tertiary/aromatic N) is 1. The molecule has 3 aromatic rings. The smallest absolute Gasteiger partial charge is 0.193 e. The monoisotopic (exact) mass is 247 g/mol. The van der Waals surface area contributed by atoms with E-state index in [0.717, 1.165) is 22.0 Å². The summed E-state index contributed by atoms with van der Waals surface area (Å²) in [6, 6.07) is 17.1. The first kappa shape index (κ1) is 11.6.